The number of ether oxygens (including phenoxy) is 1. The molecule has 22 heavy (non-hydrogen) atoms. The fraction of sp³-hybridized carbons (Fsp3) is 0.400. The van der Waals surface area contributed by atoms with Crippen molar-refractivity contribution in [3.05, 3.63) is 34.3 Å². The van der Waals surface area contributed by atoms with Crippen molar-refractivity contribution in [2.24, 2.45) is 11.7 Å². The maximum absolute atomic E-state index is 12.0. The second-order valence-electron chi connectivity index (χ2n) is 5.11. The Labute approximate surface area is 136 Å². The standard InChI is InChI=1S/C15H17BrN2O4/c16-12-4-2-1-3-11(12)15(21)22-9-13(19)18-7-5-10(6-8-18)14(17)20/h1-4,10H,5-9H2,(H2,17,20). The summed E-state index contributed by atoms with van der Waals surface area (Å²) in [6.07, 6.45) is 1.11. The van der Waals surface area contributed by atoms with Gasteiger partial charge in [0.2, 0.25) is 5.91 Å². The Hall–Kier alpha value is -1.89. The minimum atomic E-state index is -0.548. The van der Waals surface area contributed by atoms with Crippen molar-refractivity contribution in [3.8, 4) is 0 Å². The van der Waals surface area contributed by atoms with E-state index >= 15 is 0 Å². The zero-order chi connectivity index (χ0) is 16.1. The molecular formula is C15H17BrN2O4. The van der Waals surface area contributed by atoms with Crippen molar-refractivity contribution >= 4 is 33.7 Å². The van der Waals surface area contributed by atoms with Gasteiger partial charge in [0, 0.05) is 23.5 Å². The van der Waals surface area contributed by atoms with Crippen LogP contribution in [0.25, 0.3) is 0 Å². The van der Waals surface area contributed by atoms with Gasteiger partial charge >= 0.3 is 5.97 Å². The molecule has 1 saturated heterocycles. The normalized spacial score (nSPS) is 15.4. The van der Waals surface area contributed by atoms with E-state index in [2.05, 4.69) is 15.9 Å². The van der Waals surface area contributed by atoms with Gasteiger partial charge in [0.25, 0.3) is 5.91 Å². The number of amides is 2. The second-order valence-corrected chi connectivity index (χ2v) is 5.97. The van der Waals surface area contributed by atoms with Gasteiger partial charge in [-0.2, -0.15) is 0 Å². The zero-order valence-corrected chi connectivity index (χ0v) is 13.5. The molecule has 1 aromatic carbocycles. The highest BCUT2D eigenvalue weighted by molar-refractivity contribution is 9.10. The molecule has 1 fully saturated rings. The average molecular weight is 369 g/mol. The van der Waals surface area contributed by atoms with Crippen LogP contribution in [-0.2, 0) is 14.3 Å². The molecule has 0 spiro atoms. The summed E-state index contributed by atoms with van der Waals surface area (Å²) in [5.74, 6) is -1.31. The van der Waals surface area contributed by atoms with Crippen molar-refractivity contribution in [3.63, 3.8) is 0 Å². The van der Waals surface area contributed by atoms with E-state index in [1.807, 2.05) is 0 Å². The van der Waals surface area contributed by atoms with E-state index in [-0.39, 0.29) is 24.3 Å². The number of halogens is 1. The fourth-order valence-corrected chi connectivity index (χ4v) is 2.78. The number of esters is 1. The molecule has 0 saturated carbocycles. The molecule has 0 radical (unpaired) electrons. The number of benzene rings is 1. The van der Waals surface area contributed by atoms with Crippen molar-refractivity contribution in [2.45, 2.75) is 12.8 Å². The predicted molar refractivity (Wildman–Crippen MR) is 82.9 cm³/mol. The molecule has 7 heteroatoms. The van der Waals surface area contributed by atoms with Gasteiger partial charge in [-0.1, -0.05) is 12.1 Å². The lowest BCUT2D eigenvalue weighted by atomic mass is 9.96. The van der Waals surface area contributed by atoms with Crippen LogP contribution in [0.15, 0.2) is 28.7 Å². The van der Waals surface area contributed by atoms with Crippen molar-refractivity contribution in [2.75, 3.05) is 19.7 Å². The number of hydrogen-bond donors (Lipinski definition) is 1. The van der Waals surface area contributed by atoms with E-state index in [1.165, 1.54) is 0 Å². The molecule has 1 aliphatic heterocycles. The van der Waals surface area contributed by atoms with Crippen LogP contribution in [-0.4, -0.2) is 42.4 Å². The van der Waals surface area contributed by atoms with Gasteiger partial charge in [0.05, 0.1) is 5.56 Å². The summed E-state index contributed by atoms with van der Waals surface area (Å²) in [4.78, 5) is 36.6. The van der Waals surface area contributed by atoms with Crippen LogP contribution >= 0.6 is 15.9 Å². The van der Waals surface area contributed by atoms with E-state index in [4.69, 9.17) is 10.5 Å². The van der Waals surface area contributed by atoms with Crippen LogP contribution in [0, 0.1) is 5.92 Å². The lowest BCUT2D eigenvalue weighted by Crippen LogP contribution is -2.43. The number of rotatable bonds is 4. The number of hydrogen-bond acceptors (Lipinski definition) is 4. The molecule has 1 heterocycles. The molecule has 0 atom stereocenters. The minimum absolute atomic E-state index is 0.174. The van der Waals surface area contributed by atoms with Gasteiger partial charge in [0.1, 0.15) is 0 Å². The summed E-state index contributed by atoms with van der Waals surface area (Å²) in [7, 11) is 0. The predicted octanol–water partition coefficient (Wildman–Crippen LogP) is 1.33. The topological polar surface area (TPSA) is 89.7 Å². The van der Waals surface area contributed by atoms with E-state index in [0.717, 1.165) is 0 Å². The van der Waals surface area contributed by atoms with E-state index < -0.39 is 5.97 Å². The number of nitrogens with zero attached hydrogens (tertiary/aromatic N) is 1. The Balaban J connectivity index is 1.82. The van der Waals surface area contributed by atoms with E-state index in [1.54, 1.807) is 29.2 Å². The quantitative estimate of drug-likeness (QED) is 0.811. The highest BCUT2D eigenvalue weighted by atomic mass is 79.9. The SMILES string of the molecule is NC(=O)C1CCN(C(=O)COC(=O)c2ccccc2Br)CC1. The number of primary amides is 1. The first-order valence-electron chi connectivity index (χ1n) is 6.97. The summed E-state index contributed by atoms with van der Waals surface area (Å²) in [5.41, 5.74) is 5.63. The molecule has 2 amide bonds. The third-order valence-corrected chi connectivity index (χ3v) is 4.36. The Bertz CT molecular complexity index is 583. The number of carbonyl (C=O) groups is 3. The first-order chi connectivity index (χ1) is 10.5. The van der Waals surface area contributed by atoms with Gasteiger partial charge in [-0.05, 0) is 40.9 Å². The summed E-state index contributed by atoms with van der Waals surface area (Å²) < 4.78 is 5.67. The van der Waals surface area contributed by atoms with Crippen LogP contribution in [0.2, 0.25) is 0 Å². The summed E-state index contributed by atoms with van der Waals surface area (Å²) in [6, 6.07) is 6.86. The number of likely N-dealkylation sites (tertiary alicyclic amines) is 1. The first-order valence-corrected chi connectivity index (χ1v) is 7.77. The maximum Gasteiger partial charge on any atom is 0.339 e. The number of carbonyl (C=O) groups excluding carboxylic acids is 3. The Morgan fingerprint density at radius 1 is 1.23 bits per heavy atom. The van der Waals surface area contributed by atoms with E-state index in [0.29, 0.717) is 36.0 Å². The summed E-state index contributed by atoms with van der Waals surface area (Å²) in [5, 5.41) is 0. The molecule has 2 rings (SSSR count). The van der Waals surface area contributed by atoms with Crippen LogP contribution in [0.4, 0.5) is 0 Å². The molecule has 1 aliphatic rings. The second kappa shape index (κ2) is 7.40. The zero-order valence-electron chi connectivity index (χ0n) is 12.0. The van der Waals surface area contributed by atoms with Crippen molar-refractivity contribution in [1.82, 2.24) is 4.90 Å². The van der Waals surface area contributed by atoms with Gasteiger partial charge in [-0.15, -0.1) is 0 Å². The van der Waals surface area contributed by atoms with Crippen LogP contribution in [0.1, 0.15) is 23.2 Å². The van der Waals surface area contributed by atoms with Crippen LogP contribution in [0.3, 0.4) is 0 Å². The van der Waals surface area contributed by atoms with E-state index in [9.17, 15) is 14.4 Å². The average Bonchev–Trinajstić information content (AvgIpc) is 2.52. The van der Waals surface area contributed by atoms with Gasteiger partial charge in [-0.25, -0.2) is 4.79 Å². The monoisotopic (exact) mass is 368 g/mol. The Kier molecular flexibility index (Phi) is 5.54. The Morgan fingerprint density at radius 3 is 2.45 bits per heavy atom. The fourth-order valence-electron chi connectivity index (χ4n) is 2.34. The van der Waals surface area contributed by atoms with Crippen LogP contribution in [0.5, 0.6) is 0 Å². The summed E-state index contributed by atoms with van der Waals surface area (Å²) in [6.45, 7) is 0.611. The maximum atomic E-state index is 12.0. The number of nitrogens with two attached hydrogens (primary N) is 1. The molecular weight excluding hydrogens is 352 g/mol. The highest BCUT2D eigenvalue weighted by Gasteiger charge is 2.26. The van der Waals surface area contributed by atoms with Gasteiger partial charge in [0.15, 0.2) is 6.61 Å². The van der Waals surface area contributed by atoms with Crippen LogP contribution < -0.4 is 5.73 Å². The molecule has 2 N–H and O–H groups in total. The molecule has 0 bridgehead atoms. The third-order valence-electron chi connectivity index (χ3n) is 3.67. The molecule has 118 valence electrons. The highest BCUT2D eigenvalue weighted by Crippen LogP contribution is 2.18. The molecule has 0 aromatic heterocycles. The molecule has 6 nitrogen and oxygen atoms in total. The lowest BCUT2D eigenvalue weighted by Gasteiger charge is -2.30. The largest absolute Gasteiger partial charge is 0.452 e. The lowest BCUT2D eigenvalue weighted by molar-refractivity contribution is -0.137. The van der Waals surface area contributed by atoms with Crippen molar-refractivity contribution in [1.29, 1.82) is 0 Å². The molecule has 1 aromatic rings. The molecule has 0 unspecified atom stereocenters. The number of piperidine rings is 1. The Morgan fingerprint density at radius 2 is 1.86 bits per heavy atom. The molecule has 0 aliphatic carbocycles. The third kappa shape index (κ3) is 4.07. The first kappa shape index (κ1) is 16.5. The summed E-state index contributed by atoms with van der Waals surface area (Å²) >= 11 is 3.26. The van der Waals surface area contributed by atoms with Crippen molar-refractivity contribution < 1.29 is 19.1 Å². The minimum Gasteiger partial charge on any atom is -0.452 e. The smallest absolute Gasteiger partial charge is 0.339 e. The van der Waals surface area contributed by atoms with Gasteiger partial charge in [-0.3, -0.25) is 9.59 Å². The van der Waals surface area contributed by atoms with Gasteiger partial charge < -0.3 is 15.4 Å².